The van der Waals surface area contributed by atoms with Gasteiger partial charge in [0.15, 0.2) is 0 Å². The van der Waals surface area contributed by atoms with Gasteiger partial charge in [-0.2, -0.15) is 0 Å². The van der Waals surface area contributed by atoms with Crippen molar-refractivity contribution in [1.29, 1.82) is 0 Å². The van der Waals surface area contributed by atoms with E-state index in [0.29, 0.717) is 17.8 Å². The van der Waals surface area contributed by atoms with Crippen molar-refractivity contribution in [3.63, 3.8) is 0 Å². The molecule has 200 valence electrons. The third kappa shape index (κ3) is 7.08. The first-order valence-electron chi connectivity index (χ1n) is 12.5. The third-order valence-electron chi connectivity index (χ3n) is 6.47. The molecule has 5 nitrogen and oxygen atoms in total. The molecule has 1 amide bonds. The highest BCUT2D eigenvalue weighted by molar-refractivity contribution is 6.04. The van der Waals surface area contributed by atoms with Gasteiger partial charge >= 0.3 is 0 Å². The molecule has 3 rings (SSSR count). The highest BCUT2D eigenvalue weighted by atomic mass is 19.1. The molecule has 0 fully saturated rings. The van der Waals surface area contributed by atoms with Gasteiger partial charge in [-0.3, -0.25) is 9.79 Å². The summed E-state index contributed by atoms with van der Waals surface area (Å²) in [5.41, 5.74) is 8.14. The number of aliphatic imine (C=N–C) groups is 1. The molecule has 2 aromatic carbocycles. The number of carbonyl (C=O) groups is 1. The maximum absolute atomic E-state index is 14.8. The number of nitrogens with two attached hydrogens (primary N) is 1. The fourth-order valence-corrected chi connectivity index (χ4v) is 4.69. The second-order valence-corrected chi connectivity index (χ2v) is 10.7. The van der Waals surface area contributed by atoms with Crippen LogP contribution in [0, 0.1) is 17.0 Å². The van der Waals surface area contributed by atoms with Crippen LogP contribution in [-0.2, 0) is 11.2 Å². The molecule has 3 atom stereocenters. The molecular weight excluding hydrogens is 479 g/mol. The average Bonchev–Trinajstić information content (AvgIpc) is 3.24. The van der Waals surface area contributed by atoms with E-state index in [1.807, 2.05) is 51.1 Å². The summed E-state index contributed by atoms with van der Waals surface area (Å²) in [7, 11) is 0. The minimum Gasteiger partial charge on any atom is -0.384 e. The third-order valence-corrected chi connectivity index (χ3v) is 6.47. The van der Waals surface area contributed by atoms with Gasteiger partial charge in [-0.15, -0.1) is 0 Å². The van der Waals surface area contributed by atoms with Crippen molar-refractivity contribution in [2.24, 2.45) is 16.1 Å². The number of aliphatic hydroxyl groups is 1. The summed E-state index contributed by atoms with van der Waals surface area (Å²) in [6, 6.07) is 11.6. The highest BCUT2D eigenvalue weighted by Gasteiger charge is 2.40. The molecule has 0 unspecified atom stereocenters. The summed E-state index contributed by atoms with van der Waals surface area (Å²) in [4.78, 5) is 19.6. The maximum Gasteiger partial charge on any atom is 0.251 e. The van der Waals surface area contributed by atoms with E-state index >= 15 is 0 Å². The Hall–Kier alpha value is -2.97. The summed E-state index contributed by atoms with van der Waals surface area (Å²) in [5.74, 6) is -1.69. The van der Waals surface area contributed by atoms with Crippen molar-refractivity contribution in [1.82, 2.24) is 4.90 Å². The second kappa shape index (κ2) is 12.0. The van der Waals surface area contributed by atoms with Gasteiger partial charge in [0.2, 0.25) is 0 Å². The Labute approximate surface area is 216 Å². The van der Waals surface area contributed by atoms with Gasteiger partial charge in [-0.25, -0.2) is 13.2 Å². The Kier molecular flexibility index (Phi) is 9.31. The number of hydrogen-bond donors (Lipinski definition) is 2. The lowest BCUT2D eigenvalue weighted by molar-refractivity contribution is -0.143. The molecular formula is C29H36F3N3O2. The summed E-state index contributed by atoms with van der Waals surface area (Å²) < 4.78 is 42.0. The van der Waals surface area contributed by atoms with Crippen LogP contribution in [0.3, 0.4) is 0 Å². The van der Waals surface area contributed by atoms with Gasteiger partial charge in [0.05, 0.1) is 17.5 Å². The summed E-state index contributed by atoms with van der Waals surface area (Å²) in [6.45, 7) is 6.59. The Bertz CT molecular complexity index is 1160. The Morgan fingerprint density at radius 1 is 1.16 bits per heavy atom. The van der Waals surface area contributed by atoms with Crippen LogP contribution in [0.5, 0.6) is 0 Å². The lowest BCUT2D eigenvalue weighted by Gasteiger charge is -2.41. The van der Waals surface area contributed by atoms with Gasteiger partial charge in [0, 0.05) is 24.6 Å². The van der Waals surface area contributed by atoms with Crippen LogP contribution >= 0.6 is 0 Å². The standard InChI is InChI=1S/C29H36F3N3O2/c1-18(36)28(37)35(13-12-22(33)17-30)27(29(2,3)4)26-20(14-19-8-6-5-7-9-19)15-25(34-26)23-16-21(31)10-11-24(23)32/h5-11,16,18,22,27,36H,12-15,17,33H2,1-4H3/t18-,22-,27+/m0/s1. The minimum atomic E-state index is -1.30. The molecule has 0 aliphatic carbocycles. The van der Waals surface area contributed by atoms with Crippen molar-refractivity contribution < 1.29 is 23.1 Å². The van der Waals surface area contributed by atoms with E-state index in [0.717, 1.165) is 29.3 Å². The summed E-state index contributed by atoms with van der Waals surface area (Å²) >= 11 is 0. The van der Waals surface area contributed by atoms with E-state index in [-0.39, 0.29) is 24.9 Å². The first-order valence-corrected chi connectivity index (χ1v) is 12.5. The van der Waals surface area contributed by atoms with Crippen molar-refractivity contribution in [3.8, 4) is 0 Å². The average molecular weight is 516 g/mol. The number of carbonyl (C=O) groups excluding carboxylic acids is 1. The second-order valence-electron chi connectivity index (χ2n) is 10.7. The quantitative estimate of drug-likeness (QED) is 0.469. The van der Waals surface area contributed by atoms with E-state index in [9.17, 15) is 23.1 Å². The van der Waals surface area contributed by atoms with Crippen LogP contribution in [0.4, 0.5) is 13.2 Å². The number of aliphatic hydroxyl groups excluding tert-OH is 1. The molecule has 0 aromatic heterocycles. The lowest BCUT2D eigenvalue weighted by atomic mass is 9.81. The van der Waals surface area contributed by atoms with Gasteiger partial charge in [-0.05, 0) is 54.5 Å². The fourth-order valence-electron chi connectivity index (χ4n) is 4.69. The number of rotatable bonds is 10. The molecule has 1 aliphatic rings. The van der Waals surface area contributed by atoms with Crippen LogP contribution in [0.1, 0.15) is 51.7 Å². The van der Waals surface area contributed by atoms with Crippen LogP contribution < -0.4 is 5.73 Å². The van der Waals surface area contributed by atoms with Crippen LogP contribution in [0.25, 0.3) is 0 Å². The van der Waals surface area contributed by atoms with Crippen molar-refractivity contribution in [2.75, 3.05) is 13.2 Å². The van der Waals surface area contributed by atoms with Gasteiger partial charge in [0.25, 0.3) is 5.91 Å². The molecule has 37 heavy (non-hydrogen) atoms. The molecule has 0 saturated carbocycles. The zero-order valence-electron chi connectivity index (χ0n) is 21.8. The number of amides is 1. The molecule has 1 heterocycles. The molecule has 0 bridgehead atoms. The highest BCUT2D eigenvalue weighted by Crippen LogP contribution is 2.39. The number of allylic oxidation sites excluding steroid dienone is 1. The van der Waals surface area contributed by atoms with Crippen molar-refractivity contribution in [2.45, 2.75) is 65.1 Å². The smallest absolute Gasteiger partial charge is 0.251 e. The van der Waals surface area contributed by atoms with E-state index in [2.05, 4.69) is 0 Å². The molecule has 0 saturated heterocycles. The SMILES string of the molecule is C[C@H](O)C(=O)N(CC[C@H](N)CF)[C@H](C1=C(Cc2ccccc2)CC(c2cc(F)ccc2F)=N1)C(C)(C)C. The maximum atomic E-state index is 14.8. The zero-order valence-corrected chi connectivity index (χ0v) is 21.8. The van der Waals surface area contributed by atoms with Crippen molar-refractivity contribution in [3.05, 3.63) is 82.6 Å². The van der Waals surface area contributed by atoms with Crippen LogP contribution in [0.2, 0.25) is 0 Å². The number of benzene rings is 2. The van der Waals surface area contributed by atoms with Gasteiger partial charge < -0.3 is 15.7 Å². The molecule has 1 aliphatic heterocycles. The van der Waals surface area contributed by atoms with E-state index < -0.39 is 47.8 Å². The molecule has 0 spiro atoms. The van der Waals surface area contributed by atoms with E-state index in [1.165, 1.54) is 11.8 Å². The fraction of sp³-hybridized carbons (Fsp3) is 0.448. The Morgan fingerprint density at radius 3 is 2.43 bits per heavy atom. The van der Waals surface area contributed by atoms with E-state index in [4.69, 9.17) is 10.7 Å². The van der Waals surface area contributed by atoms with Crippen molar-refractivity contribution >= 4 is 11.6 Å². The zero-order chi connectivity index (χ0) is 27.3. The molecule has 2 aromatic rings. The number of alkyl halides is 1. The first-order chi connectivity index (χ1) is 17.4. The normalized spacial score (nSPS) is 16.4. The van der Waals surface area contributed by atoms with Crippen LogP contribution in [0.15, 0.2) is 64.8 Å². The number of hydrogen-bond acceptors (Lipinski definition) is 4. The predicted octanol–water partition coefficient (Wildman–Crippen LogP) is 4.97. The van der Waals surface area contributed by atoms with E-state index in [1.54, 1.807) is 0 Å². The molecule has 0 radical (unpaired) electrons. The van der Waals surface area contributed by atoms with Gasteiger partial charge in [-0.1, -0.05) is 51.1 Å². The summed E-state index contributed by atoms with van der Waals surface area (Å²) in [6.07, 6.45) is -0.335. The van der Waals surface area contributed by atoms with Gasteiger partial charge in [0.1, 0.15) is 24.4 Å². The first kappa shape index (κ1) is 28.6. The largest absolute Gasteiger partial charge is 0.384 e. The summed E-state index contributed by atoms with van der Waals surface area (Å²) in [5, 5.41) is 10.2. The Balaban J connectivity index is 2.16. The minimum absolute atomic E-state index is 0.0704. The topological polar surface area (TPSA) is 78.9 Å². The molecule has 3 N–H and O–H groups in total. The Morgan fingerprint density at radius 2 is 1.84 bits per heavy atom. The van der Waals surface area contributed by atoms with Crippen LogP contribution in [-0.4, -0.2) is 53.0 Å². The number of halogens is 3. The predicted molar refractivity (Wildman–Crippen MR) is 140 cm³/mol. The lowest BCUT2D eigenvalue weighted by Crippen LogP contribution is -2.52. The molecule has 8 heteroatoms. The number of nitrogens with zero attached hydrogens (tertiary/aromatic N) is 2. The monoisotopic (exact) mass is 515 g/mol.